The number of amides is 1. The number of sulfonamides is 1. The minimum atomic E-state index is -3.92. The van der Waals surface area contributed by atoms with Crippen LogP contribution in [0.3, 0.4) is 0 Å². The van der Waals surface area contributed by atoms with Gasteiger partial charge in [-0.25, -0.2) is 8.42 Å². The van der Waals surface area contributed by atoms with Crippen molar-refractivity contribution in [3.63, 3.8) is 0 Å². The monoisotopic (exact) mass is 516 g/mol. The van der Waals surface area contributed by atoms with Crippen LogP contribution in [0, 0.1) is 20.8 Å². The standard InChI is InChI=1S/C26H29ClN2O3S2/c1-19-8-14-24(15-9-19)34(31,32)29(25-7-4-6-20(2)21(25)3)18-26(30)28-16-5-17-33-23-12-10-22(27)11-13-23/h4,6-15H,5,16-18H2,1-3H3,(H,28,30). The Morgan fingerprint density at radius 1 is 0.971 bits per heavy atom. The predicted molar refractivity (Wildman–Crippen MR) is 141 cm³/mol. The molecular formula is C26H29ClN2O3S2. The Labute approximate surface area is 211 Å². The SMILES string of the molecule is Cc1ccc(S(=O)(=O)N(CC(=O)NCCCSc2ccc(Cl)cc2)c2cccc(C)c2C)cc1. The first kappa shape index (κ1) is 26.1. The van der Waals surface area contributed by atoms with E-state index < -0.39 is 10.0 Å². The van der Waals surface area contributed by atoms with E-state index >= 15 is 0 Å². The number of nitrogens with zero attached hydrogens (tertiary/aromatic N) is 1. The smallest absolute Gasteiger partial charge is 0.264 e. The molecule has 1 N–H and O–H groups in total. The summed E-state index contributed by atoms with van der Waals surface area (Å²) in [5.41, 5.74) is 3.26. The molecule has 34 heavy (non-hydrogen) atoms. The second-order valence-electron chi connectivity index (χ2n) is 8.05. The van der Waals surface area contributed by atoms with Gasteiger partial charge in [-0.15, -0.1) is 11.8 Å². The number of thioether (sulfide) groups is 1. The van der Waals surface area contributed by atoms with Crippen molar-refractivity contribution >= 4 is 45.0 Å². The lowest BCUT2D eigenvalue weighted by atomic mass is 10.1. The molecule has 3 rings (SSSR count). The van der Waals surface area contributed by atoms with E-state index in [-0.39, 0.29) is 17.3 Å². The minimum Gasteiger partial charge on any atom is -0.354 e. The summed E-state index contributed by atoms with van der Waals surface area (Å²) in [6, 6.07) is 19.8. The Bertz CT molecular complexity index is 1230. The van der Waals surface area contributed by atoms with Crippen LogP contribution >= 0.6 is 23.4 Å². The number of aryl methyl sites for hydroxylation is 2. The van der Waals surface area contributed by atoms with E-state index in [4.69, 9.17) is 11.6 Å². The van der Waals surface area contributed by atoms with Gasteiger partial charge in [-0.05, 0) is 86.5 Å². The third-order valence-electron chi connectivity index (χ3n) is 5.47. The third-order valence-corrected chi connectivity index (χ3v) is 8.59. The van der Waals surface area contributed by atoms with Gasteiger partial charge in [-0.2, -0.15) is 0 Å². The summed E-state index contributed by atoms with van der Waals surface area (Å²) in [5, 5.41) is 3.57. The normalized spacial score (nSPS) is 11.3. The summed E-state index contributed by atoms with van der Waals surface area (Å²) in [6.45, 7) is 5.87. The molecule has 0 saturated heterocycles. The van der Waals surface area contributed by atoms with Crippen molar-refractivity contribution in [2.45, 2.75) is 37.0 Å². The van der Waals surface area contributed by atoms with Gasteiger partial charge in [0.1, 0.15) is 6.54 Å². The van der Waals surface area contributed by atoms with Crippen molar-refractivity contribution in [3.8, 4) is 0 Å². The second-order valence-corrected chi connectivity index (χ2v) is 11.5. The predicted octanol–water partition coefficient (Wildman–Crippen LogP) is 5.76. The summed E-state index contributed by atoms with van der Waals surface area (Å²) < 4.78 is 28.3. The summed E-state index contributed by atoms with van der Waals surface area (Å²) in [6.07, 6.45) is 0.757. The maximum Gasteiger partial charge on any atom is 0.264 e. The molecule has 0 fully saturated rings. The van der Waals surface area contributed by atoms with Crippen molar-refractivity contribution in [2.24, 2.45) is 0 Å². The highest BCUT2D eigenvalue weighted by Gasteiger charge is 2.28. The molecule has 180 valence electrons. The van der Waals surface area contributed by atoms with Gasteiger partial charge in [0.15, 0.2) is 0 Å². The fraction of sp³-hybridized carbons (Fsp3) is 0.269. The molecular weight excluding hydrogens is 488 g/mol. The van der Waals surface area contributed by atoms with Crippen LogP contribution in [0.15, 0.2) is 76.5 Å². The highest BCUT2D eigenvalue weighted by atomic mass is 35.5. The zero-order valence-electron chi connectivity index (χ0n) is 19.5. The largest absolute Gasteiger partial charge is 0.354 e. The number of hydrogen-bond donors (Lipinski definition) is 1. The first-order valence-corrected chi connectivity index (χ1v) is 13.8. The molecule has 0 aliphatic carbocycles. The lowest BCUT2D eigenvalue weighted by Crippen LogP contribution is -2.41. The van der Waals surface area contributed by atoms with E-state index in [2.05, 4.69) is 5.32 Å². The first-order chi connectivity index (χ1) is 16.2. The number of carbonyl (C=O) groups is 1. The molecule has 0 spiro atoms. The zero-order valence-corrected chi connectivity index (χ0v) is 21.9. The Balaban J connectivity index is 1.68. The average Bonchev–Trinajstić information content (AvgIpc) is 2.81. The van der Waals surface area contributed by atoms with E-state index in [0.29, 0.717) is 17.3 Å². The Morgan fingerprint density at radius 2 is 1.65 bits per heavy atom. The fourth-order valence-electron chi connectivity index (χ4n) is 3.35. The molecule has 1 amide bonds. The molecule has 5 nitrogen and oxygen atoms in total. The van der Waals surface area contributed by atoms with Crippen LogP contribution in [0.25, 0.3) is 0 Å². The molecule has 0 unspecified atom stereocenters. The molecule has 0 aliphatic rings. The summed E-state index contributed by atoms with van der Waals surface area (Å²) in [4.78, 5) is 14.1. The molecule has 0 radical (unpaired) electrons. The van der Waals surface area contributed by atoms with E-state index in [9.17, 15) is 13.2 Å². The Hall–Kier alpha value is -2.48. The van der Waals surface area contributed by atoms with Gasteiger partial charge in [0.05, 0.1) is 10.6 Å². The molecule has 0 atom stereocenters. The van der Waals surface area contributed by atoms with Gasteiger partial charge in [-0.3, -0.25) is 9.10 Å². The van der Waals surface area contributed by atoms with Crippen LogP contribution in [-0.4, -0.2) is 33.2 Å². The topological polar surface area (TPSA) is 66.5 Å². The van der Waals surface area contributed by atoms with Crippen molar-refractivity contribution in [2.75, 3.05) is 23.1 Å². The van der Waals surface area contributed by atoms with E-state index in [1.165, 1.54) is 4.31 Å². The van der Waals surface area contributed by atoms with Crippen LogP contribution in [0.5, 0.6) is 0 Å². The van der Waals surface area contributed by atoms with Gasteiger partial charge in [0.2, 0.25) is 5.91 Å². The maximum absolute atomic E-state index is 13.5. The quantitative estimate of drug-likeness (QED) is 0.275. The number of nitrogens with one attached hydrogen (secondary N) is 1. The van der Waals surface area contributed by atoms with Gasteiger partial charge in [-0.1, -0.05) is 41.4 Å². The second kappa shape index (κ2) is 11.8. The summed E-state index contributed by atoms with van der Waals surface area (Å²) >= 11 is 7.59. The first-order valence-electron chi connectivity index (χ1n) is 11.0. The van der Waals surface area contributed by atoms with Crippen LogP contribution in [-0.2, 0) is 14.8 Å². The maximum atomic E-state index is 13.5. The van der Waals surface area contributed by atoms with Crippen LogP contribution < -0.4 is 9.62 Å². The van der Waals surface area contributed by atoms with Gasteiger partial charge < -0.3 is 5.32 Å². The Morgan fingerprint density at radius 3 is 2.32 bits per heavy atom. The molecule has 0 heterocycles. The zero-order chi connectivity index (χ0) is 24.7. The molecule has 8 heteroatoms. The summed E-state index contributed by atoms with van der Waals surface area (Å²) in [7, 11) is -3.92. The van der Waals surface area contributed by atoms with E-state index in [1.807, 2.05) is 51.1 Å². The van der Waals surface area contributed by atoms with Crippen LogP contribution in [0.4, 0.5) is 5.69 Å². The van der Waals surface area contributed by atoms with E-state index in [0.717, 1.165) is 33.8 Å². The molecule has 0 aromatic heterocycles. The fourth-order valence-corrected chi connectivity index (χ4v) is 5.81. The molecule has 0 saturated carbocycles. The minimum absolute atomic E-state index is 0.158. The number of anilines is 1. The highest BCUT2D eigenvalue weighted by molar-refractivity contribution is 7.99. The van der Waals surface area contributed by atoms with Gasteiger partial charge in [0.25, 0.3) is 10.0 Å². The lowest BCUT2D eigenvalue weighted by Gasteiger charge is -2.26. The number of halogens is 1. The number of benzene rings is 3. The molecule has 0 bridgehead atoms. The molecule has 0 aliphatic heterocycles. The highest BCUT2D eigenvalue weighted by Crippen LogP contribution is 2.28. The Kier molecular flexibility index (Phi) is 9.05. The number of rotatable bonds is 10. The number of carbonyl (C=O) groups excluding carboxylic acids is 1. The summed E-state index contributed by atoms with van der Waals surface area (Å²) in [5.74, 6) is 0.484. The average molecular weight is 517 g/mol. The molecule has 3 aromatic carbocycles. The lowest BCUT2D eigenvalue weighted by molar-refractivity contribution is -0.119. The van der Waals surface area contributed by atoms with Crippen molar-refractivity contribution in [1.82, 2.24) is 5.32 Å². The molecule has 3 aromatic rings. The van der Waals surface area contributed by atoms with Crippen LogP contribution in [0.1, 0.15) is 23.1 Å². The number of hydrogen-bond acceptors (Lipinski definition) is 4. The van der Waals surface area contributed by atoms with Crippen molar-refractivity contribution in [1.29, 1.82) is 0 Å². The van der Waals surface area contributed by atoms with Crippen molar-refractivity contribution < 1.29 is 13.2 Å². The van der Waals surface area contributed by atoms with Crippen molar-refractivity contribution in [3.05, 3.63) is 88.4 Å². The third kappa shape index (κ3) is 6.78. The van der Waals surface area contributed by atoms with Crippen LogP contribution in [0.2, 0.25) is 5.02 Å². The van der Waals surface area contributed by atoms with Gasteiger partial charge >= 0.3 is 0 Å². The van der Waals surface area contributed by atoms with Gasteiger partial charge in [0, 0.05) is 16.5 Å². The van der Waals surface area contributed by atoms with E-state index in [1.54, 1.807) is 48.2 Å².